The molecular weight excluding hydrogens is 298 g/mol. The van der Waals surface area contributed by atoms with Crippen LogP contribution in [0.15, 0.2) is 48.5 Å². The first-order valence-corrected chi connectivity index (χ1v) is 6.94. The normalized spacial score (nSPS) is 11.4. The maximum atomic E-state index is 12.1. The summed E-state index contributed by atoms with van der Waals surface area (Å²) in [5.74, 6) is -0.0920. The van der Waals surface area contributed by atoms with Crippen molar-refractivity contribution in [2.24, 2.45) is 0 Å². The van der Waals surface area contributed by atoms with E-state index in [0.717, 1.165) is 0 Å². The molecule has 2 aromatic rings. The Bertz CT molecular complexity index is 679. The van der Waals surface area contributed by atoms with Gasteiger partial charge in [0.2, 0.25) is 0 Å². The van der Waals surface area contributed by atoms with Gasteiger partial charge < -0.3 is 19.9 Å². The maximum absolute atomic E-state index is 12.1. The predicted molar refractivity (Wildman–Crippen MR) is 85.1 cm³/mol. The number of rotatable bonds is 6. The third-order valence-electron chi connectivity index (χ3n) is 3.14. The molecule has 6 heteroatoms. The van der Waals surface area contributed by atoms with Crippen LogP contribution in [-0.2, 0) is 4.79 Å². The van der Waals surface area contributed by atoms with Crippen molar-refractivity contribution in [1.29, 1.82) is 0 Å². The summed E-state index contributed by atoms with van der Waals surface area (Å²) in [6.07, 6.45) is -0.706. The maximum Gasteiger partial charge on any atom is 0.335 e. The topological polar surface area (TPSA) is 84.9 Å². The highest BCUT2D eigenvalue weighted by Gasteiger charge is 2.15. The minimum atomic E-state index is -1.01. The molecule has 2 rings (SSSR count). The van der Waals surface area contributed by atoms with Gasteiger partial charge in [-0.2, -0.15) is 0 Å². The average Bonchev–Trinajstić information content (AvgIpc) is 2.56. The predicted octanol–water partition coefficient (Wildman–Crippen LogP) is 2.80. The van der Waals surface area contributed by atoms with Crippen LogP contribution in [0.1, 0.15) is 17.3 Å². The molecule has 0 saturated carbocycles. The molecule has 120 valence electrons. The molecule has 1 amide bonds. The Morgan fingerprint density at radius 2 is 1.57 bits per heavy atom. The lowest BCUT2D eigenvalue weighted by molar-refractivity contribution is -0.122. The van der Waals surface area contributed by atoms with Gasteiger partial charge in [0, 0.05) is 5.69 Å². The largest absolute Gasteiger partial charge is 0.497 e. The minimum absolute atomic E-state index is 0.158. The van der Waals surface area contributed by atoms with Crippen molar-refractivity contribution in [3.8, 4) is 11.5 Å². The van der Waals surface area contributed by atoms with Crippen molar-refractivity contribution < 1.29 is 24.2 Å². The molecule has 0 fully saturated rings. The molecule has 0 aliphatic heterocycles. The fourth-order valence-electron chi connectivity index (χ4n) is 1.85. The molecule has 0 spiro atoms. The molecule has 6 nitrogen and oxygen atoms in total. The summed E-state index contributed by atoms with van der Waals surface area (Å²) < 4.78 is 10.6. The van der Waals surface area contributed by atoms with Gasteiger partial charge in [0.05, 0.1) is 12.7 Å². The number of carboxylic acids is 1. The molecular formula is C17H17NO5. The number of carboxylic acid groups (broad SMARTS) is 1. The number of ether oxygens (including phenoxy) is 2. The molecule has 23 heavy (non-hydrogen) atoms. The number of benzene rings is 2. The van der Waals surface area contributed by atoms with Crippen molar-refractivity contribution in [2.75, 3.05) is 12.4 Å². The Hall–Kier alpha value is -3.02. The summed E-state index contributed by atoms with van der Waals surface area (Å²) >= 11 is 0. The molecule has 0 aromatic heterocycles. The molecule has 0 aliphatic rings. The average molecular weight is 315 g/mol. The summed E-state index contributed by atoms with van der Waals surface area (Å²) in [6, 6.07) is 12.8. The third kappa shape index (κ3) is 4.47. The Morgan fingerprint density at radius 3 is 2.09 bits per heavy atom. The van der Waals surface area contributed by atoms with Crippen LogP contribution < -0.4 is 14.8 Å². The zero-order valence-corrected chi connectivity index (χ0v) is 12.8. The van der Waals surface area contributed by atoms with Crippen molar-refractivity contribution in [2.45, 2.75) is 13.0 Å². The summed E-state index contributed by atoms with van der Waals surface area (Å²) in [5.41, 5.74) is 0.663. The number of aromatic carboxylic acids is 1. The Labute approximate surface area is 133 Å². The number of hydrogen-bond acceptors (Lipinski definition) is 4. The van der Waals surface area contributed by atoms with Gasteiger partial charge in [-0.1, -0.05) is 0 Å². The summed E-state index contributed by atoms with van der Waals surface area (Å²) in [4.78, 5) is 22.9. The molecule has 1 atom stereocenters. The van der Waals surface area contributed by atoms with Crippen molar-refractivity contribution >= 4 is 17.6 Å². The zero-order valence-electron chi connectivity index (χ0n) is 12.8. The Kier molecular flexibility index (Phi) is 5.19. The smallest absolute Gasteiger partial charge is 0.335 e. The first kappa shape index (κ1) is 16.4. The molecule has 2 aromatic carbocycles. The van der Waals surface area contributed by atoms with Crippen LogP contribution >= 0.6 is 0 Å². The van der Waals surface area contributed by atoms with Crippen LogP contribution in [-0.4, -0.2) is 30.2 Å². The van der Waals surface area contributed by atoms with E-state index in [9.17, 15) is 9.59 Å². The molecule has 0 heterocycles. The van der Waals surface area contributed by atoms with Crippen LogP contribution in [0.2, 0.25) is 0 Å². The SMILES string of the molecule is COc1ccc(OC(C)C(=O)Nc2ccc(C(=O)O)cc2)cc1. The minimum Gasteiger partial charge on any atom is -0.497 e. The first-order chi connectivity index (χ1) is 11.0. The lowest BCUT2D eigenvalue weighted by atomic mass is 10.2. The van der Waals surface area contributed by atoms with E-state index in [1.165, 1.54) is 24.3 Å². The van der Waals surface area contributed by atoms with Gasteiger partial charge in [0.15, 0.2) is 6.10 Å². The van der Waals surface area contributed by atoms with Crippen LogP contribution in [0.25, 0.3) is 0 Å². The highest BCUT2D eigenvalue weighted by molar-refractivity contribution is 5.95. The van der Waals surface area contributed by atoms with E-state index in [-0.39, 0.29) is 11.5 Å². The van der Waals surface area contributed by atoms with E-state index >= 15 is 0 Å². The quantitative estimate of drug-likeness (QED) is 0.856. The fraction of sp³-hybridized carbons (Fsp3) is 0.176. The first-order valence-electron chi connectivity index (χ1n) is 6.94. The highest BCUT2D eigenvalue weighted by atomic mass is 16.5. The molecule has 0 radical (unpaired) electrons. The number of anilines is 1. The van der Waals surface area contributed by atoms with Crippen molar-refractivity contribution in [3.63, 3.8) is 0 Å². The number of methoxy groups -OCH3 is 1. The van der Waals surface area contributed by atoms with Crippen LogP contribution in [0.4, 0.5) is 5.69 Å². The monoisotopic (exact) mass is 315 g/mol. The third-order valence-corrected chi connectivity index (χ3v) is 3.14. The van der Waals surface area contributed by atoms with E-state index in [2.05, 4.69) is 5.32 Å². The lowest BCUT2D eigenvalue weighted by Crippen LogP contribution is -2.30. The second-order valence-corrected chi connectivity index (χ2v) is 4.81. The molecule has 2 N–H and O–H groups in total. The van der Waals surface area contributed by atoms with E-state index in [4.69, 9.17) is 14.6 Å². The molecule has 0 saturated heterocycles. The summed E-state index contributed by atoms with van der Waals surface area (Å²) in [6.45, 7) is 1.63. The van der Waals surface area contributed by atoms with E-state index in [0.29, 0.717) is 17.2 Å². The highest BCUT2D eigenvalue weighted by Crippen LogP contribution is 2.18. The molecule has 0 aliphatic carbocycles. The standard InChI is InChI=1S/C17H17NO5/c1-11(23-15-9-7-14(22-2)8-10-15)16(19)18-13-5-3-12(4-6-13)17(20)21/h3-11H,1-2H3,(H,18,19)(H,20,21). The van der Waals surface area contributed by atoms with Gasteiger partial charge in [-0.05, 0) is 55.5 Å². The second kappa shape index (κ2) is 7.31. The number of hydrogen-bond donors (Lipinski definition) is 2. The van der Waals surface area contributed by atoms with Gasteiger partial charge >= 0.3 is 5.97 Å². The number of amides is 1. The number of nitrogens with one attached hydrogen (secondary N) is 1. The van der Waals surface area contributed by atoms with Crippen LogP contribution in [0.5, 0.6) is 11.5 Å². The van der Waals surface area contributed by atoms with Gasteiger partial charge in [-0.15, -0.1) is 0 Å². The van der Waals surface area contributed by atoms with Gasteiger partial charge in [0.1, 0.15) is 11.5 Å². The Balaban J connectivity index is 1.94. The fourth-order valence-corrected chi connectivity index (χ4v) is 1.85. The summed E-state index contributed by atoms with van der Waals surface area (Å²) in [7, 11) is 1.57. The van der Waals surface area contributed by atoms with Gasteiger partial charge in [-0.3, -0.25) is 4.79 Å². The molecule has 0 bridgehead atoms. The molecule has 1 unspecified atom stereocenters. The lowest BCUT2D eigenvalue weighted by Gasteiger charge is -2.15. The van der Waals surface area contributed by atoms with Crippen molar-refractivity contribution in [3.05, 3.63) is 54.1 Å². The number of carbonyl (C=O) groups excluding carboxylic acids is 1. The van der Waals surface area contributed by atoms with E-state index < -0.39 is 12.1 Å². The Morgan fingerprint density at radius 1 is 1.00 bits per heavy atom. The van der Waals surface area contributed by atoms with Crippen LogP contribution in [0, 0.1) is 0 Å². The summed E-state index contributed by atoms with van der Waals surface area (Å²) in [5, 5.41) is 11.5. The van der Waals surface area contributed by atoms with E-state index in [1.807, 2.05) is 0 Å². The van der Waals surface area contributed by atoms with Crippen molar-refractivity contribution in [1.82, 2.24) is 0 Å². The second-order valence-electron chi connectivity index (χ2n) is 4.81. The van der Waals surface area contributed by atoms with Gasteiger partial charge in [-0.25, -0.2) is 4.79 Å². The van der Waals surface area contributed by atoms with Crippen LogP contribution in [0.3, 0.4) is 0 Å². The zero-order chi connectivity index (χ0) is 16.8. The van der Waals surface area contributed by atoms with Gasteiger partial charge in [0.25, 0.3) is 5.91 Å². The number of carbonyl (C=O) groups is 2. The van der Waals surface area contributed by atoms with E-state index in [1.54, 1.807) is 38.3 Å².